The minimum atomic E-state index is -0.605. The van der Waals surface area contributed by atoms with Gasteiger partial charge in [-0.15, -0.1) is 0 Å². The van der Waals surface area contributed by atoms with E-state index in [2.05, 4.69) is 182 Å². The lowest BCUT2D eigenvalue weighted by molar-refractivity contribution is 0.723. The highest BCUT2D eigenvalue weighted by atomic mass is 32.2. The first kappa shape index (κ1) is 36.0. The molecule has 2 aliphatic rings. The topological polar surface area (TPSA) is 49.6 Å². The molecule has 288 valence electrons. The number of nitriles is 1. The highest BCUT2D eigenvalue weighted by molar-refractivity contribution is 7.99. The van der Waals surface area contributed by atoms with E-state index in [1.54, 1.807) is 0 Å². The minimum absolute atomic E-state index is 0.605. The number of rotatable bonds is 5. The van der Waals surface area contributed by atoms with E-state index in [0.29, 0.717) is 11.4 Å². The van der Waals surface area contributed by atoms with Crippen LogP contribution in [0, 0.1) is 11.3 Å². The maximum atomic E-state index is 9.47. The van der Waals surface area contributed by atoms with Crippen molar-refractivity contribution in [2.24, 2.45) is 0 Å². The lowest BCUT2D eigenvalue weighted by atomic mass is 9.66. The Hall–Kier alpha value is -7.84. The van der Waals surface area contributed by atoms with Crippen molar-refractivity contribution in [1.82, 2.24) is 9.97 Å². The molecule has 0 fully saturated rings. The molecule has 1 unspecified atom stereocenters. The van der Waals surface area contributed by atoms with Crippen molar-refractivity contribution in [1.29, 1.82) is 5.26 Å². The van der Waals surface area contributed by atoms with E-state index in [-0.39, 0.29) is 0 Å². The van der Waals surface area contributed by atoms with Crippen molar-refractivity contribution in [2.75, 3.05) is 0 Å². The Morgan fingerprint density at radius 1 is 0.371 bits per heavy atom. The van der Waals surface area contributed by atoms with Crippen molar-refractivity contribution in [3.05, 3.63) is 240 Å². The molecule has 1 aliphatic carbocycles. The molecule has 0 radical (unpaired) electrons. The first-order valence-electron chi connectivity index (χ1n) is 20.9. The SMILES string of the molecule is N#Cc1ccc(-c2ccc(-c3ccc4c(c3)C3(c5ccccc5Sc5ccc(-c6nc(-c7ccccc7)cc(-c7ccccc7)n6)cc53)c3ccccc3-4)c3ccccc23)cc1. The smallest absolute Gasteiger partial charge is 0.160 e. The average Bonchev–Trinajstić information content (AvgIpc) is 3.64. The average molecular weight is 806 g/mol. The van der Waals surface area contributed by atoms with Crippen LogP contribution in [0.5, 0.6) is 0 Å². The molecule has 1 aromatic heterocycles. The molecule has 10 aromatic rings. The molecule has 3 nitrogen and oxygen atoms in total. The number of nitrogens with zero attached hydrogens (tertiary/aromatic N) is 3. The first-order chi connectivity index (χ1) is 30.7. The third-order valence-electron chi connectivity index (χ3n) is 12.6. The zero-order valence-electron chi connectivity index (χ0n) is 33.5. The fourth-order valence-electron chi connectivity index (χ4n) is 9.82. The van der Waals surface area contributed by atoms with Crippen LogP contribution in [0.3, 0.4) is 0 Å². The summed E-state index contributed by atoms with van der Waals surface area (Å²) in [5.41, 5.74) is 17.1. The van der Waals surface area contributed by atoms with Crippen LogP contribution in [0.2, 0.25) is 0 Å². The number of benzene rings is 9. The zero-order chi connectivity index (χ0) is 41.2. The Labute approximate surface area is 364 Å². The van der Waals surface area contributed by atoms with Crippen molar-refractivity contribution < 1.29 is 0 Å². The lowest BCUT2D eigenvalue weighted by Crippen LogP contribution is -2.32. The maximum Gasteiger partial charge on any atom is 0.160 e. The van der Waals surface area contributed by atoms with Crippen LogP contribution in [-0.4, -0.2) is 9.97 Å². The summed E-state index contributed by atoms with van der Waals surface area (Å²) in [6, 6.07) is 78.1. The largest absolute Gasteiger partial charge is 0.228 e. The van der Waals surface area contributed by atoms with Gasteiger partial charge >= 0.3 is 0 Å². The minimum Gasteiger partial charge on any atom is -0.228 e. The van der Waals surface area contributed by atoms with Crippen LogP contribution < -0.4 is 0 Å². The van der Waals surface area contributed by atoms with Crippen LogP contribution in [0.4, 0.5) is 0 Å². The third kappa shape index (κ3) is 5.60. The molecule has 1 spiro atoms. The lowest BCUT2D eigenvalue weighted by Gasteiger charge is -2.40. The van der Waals surface area contributed by atoms with E-state index >= 15 is 0 Å². The van der Waals surface area contributed by atoms with Crippen LogP contribution in [0.25, 0.3) is 78.1 Å². The Balaban J connectivity index is 1.09. The van der Waals surface area contributed by atoms with E-state index in [0.717, 1.165) is 39.2 Å². The maximum absolute atomic E-state index is 9.47. The van der Waals surface area contributed by atoms with Gasteiger partial charge in [0.1, 0.15) is 0 Å². The summed E-state index contributed by atoms with van der Waals surface area (Å²) in [6.45, 7) is 0. The summed E-state index contributed by atoms with van der Waals surface area (Å²) in [4.78, 5) is 13.0. The number of hydrogen-bond acceptors (Lipinski definition) is 4. The summed E-state index contributed by atoms with van der Waals surface area (Å²) in [6.07, 6.45) is 0. The van der Waals surface area contributed by atoms with Gasteiger partial charge in [-0.3, -0.25) is 0 Å². The normalized spacial score (nSPS) is 14.4. The van der Waals surface area contributed by atoms with E-state index in [4.69, 9.17) is 9.97 Å². The van der Waals surface area contributed by atoms with Gasteiger partial charge in [-0.05, 0) is 109 Å². The second-order valence-electron chi connectivity index (χ2n) is 16.0. The van der Waals surface area contributed by atoms with Gasteiger partial charge in [-0.25, -0.2) is 9.97 Å². The van der Waals surface area contributed by atoms with Crippen molar-refractivity contribution in [3.63, 3.8) is 0 Å². The Kier molecular flexibility index (Phi) is 8.38. The molecule has 4 heteroatoms. The molecule has 0 saturated heterocycles. The highest BCUT2D eigenvalue weighted by Gasteiger charge is 2.50. The molecule has 2 heterocycles. The van der Waals surface area contributed by atoms with E-state index < -0.39 is 5.41 Å². The van der Waals surface area contributed by atoms with Gasteiger partial charge in [0.05, 0.1) is 28.4 Å². The predicted molar refractivity (Wildman–Crippen MR) is 253 cm³/mol. The molecule has 0 saturated carbocycles. The number of aromatic nitrogens is 2. The number of hydrogen-bond donors (Lipinski definition) is 0. The van der Waals surface area contributed by atoms with Gasteiger partial charge in [0.2, 0.25) is 0 Å². The van der Waals surface area contributed by atoms with Crippen LogP contribution in [0.15, 0.2) is 222 Å². The summed E-state index contributed by atoms with van der Waals surface area (Å²) in [7, 11) is 0. The van der Waals surface area contributed by atoms with Gasteiger partial charge in [-0.2, -0.15) is 5.26 Å². The molecule has 0 amide bonds. The molecule has 12 rings (SSSR count). The first-order valence-corrected chi connectivity index (χ1v) is 21.7. The molecule has 0 N–H and O–H groups in total. The van der Waals surface area contributed by atoms with Gasteiger partial charge in [0.15, 0.2) is 5.82 Å². The van der Waals surface area contributed by atoms with Gasteiger partial charge in [0.25, 0.3) is 0 Å². The van der Waals surface area contributed by atoms with E-state index in [9.17, 15) is 5.26 Å². The highest BCUT2D eigenvalue weighted by Crippen LogP contribution is 2.63. The monoisotopic (exact) mass is 805 g/mol. The van der Waals surface area contributed by atoms with E-state index in [1.165, 1.54) is 65.1 Å². The summed E-state index contributed by atoms with van der Waals surface area (Å²) < 4.78 is 0. The van der Waals surface area contributed by atoms with Gasteiger partial charge in [0, 0.05) is 26.5 Å². The number of fused-ring (bicyclic) bond motifs is 10. The van der Waals surface area contributed by atoms with E-state index in [1.807, 2.05) is 48.2 Å². The van der Waals surface area contributed by atoms with Crippen LogP contribution in [0.1, 0.15) is 27.8 Å². The molecule has 0 bridgehead atoms. The molecule has 1 atom stereocenters. The van der Waals surface area contributed by atoms with Crippen molar-refractivity contribution >= 4 is 22.5 Å². The summed E-state index contributed by atoms with van der Waals surface area (Å²) >= 11 is 1.84. The van der Waals surface area contributed by atoms with Gasteiger partial charge in [-0.1, -0.05) is 182 Å². The molecule has 1 aliphatic heterocycles. The second-order valence-corrected chi connectivity index (χ2v) is 17.0. The zero-order valence-corrected chi connectivity index (χ0v) is 34.3. The molecular weight excluding hydrogens is 771 g/mol. The molecular formula is C58H35N3S. The molecule has 62 heavy (non-hydrogen) atoms. The fourth-order valence-corrected chi connectivity index (χ4v) is 11.0. The predicted octanol–water partition coefficient (Wildman–Crippen LogP) is 14.7. The standard InChI is InChI=1S/C58H35N3S/c59-36-37-23-25-38(26-24-37)43-30-31-44(46-18-8-7-17-45(43)46)41-27-29-48-47-19-9-10-20-49(47)58(51(48)33-41)50-21-11-12-22-55(50)62-56-32-28-42(34-52(56)58)57-60-53(39-13-3-1-4-14-39)35-54(61-57)40-15-5-2-6-16-40/h1-35H. The Morgan fingerprint density at radius 2 is 0.887 bits per heavy atom. The quantitative estimate of drug-likeness (QED) is 0.174. The molecule has 9 aromatic carbocycles. The van der Waals surface area contributed by atoms with Gasteiger partial charge < -0.3 is 0 Å². The second kappa shape index (κ2) is 14.4. The van der Waals surface area contributed by atoms with Crippen molar-refractivity contribution in [2.45, 2.75) is 15.2 Å². The Morgan fingerprint density at radius 3 is 1.58 bits per heavy atom. The van der Waals surface area contributed by atoms with Crippen molar-refractivity contribution in [3.8, 4) is 73.4 Å². The summed E-state index contributed by atoms with van der Waals surface area (Å²) in [5, 5.41) is 11.8. The Bertz CT molecular complexity index is 3390. The third-order valence-corrected chi connectivity index (χ3v) is 13.8. The summed E-state index contributed by atoms with van der Waals surface area (Å²) in [5.74, 6) is 0.695. The fraction of sp³-hybridized carbons (Fsp3) is 0.0172. The van der Waals surface area contributed by atoms with Crippen LogP contribution in [-0.2, 0) is 5.41 Å². The van der Waals surface area contributed by atoms with Crippen LogP contribution >= 0.6 is 11.8 Å².